The number of amides is 1. The van der Waals surface area contributed by atoms with Crippen molar-refractivity contribution in [1.82, 2.24) is 9.88 Å². The van der Waals surface area contributed by atoms with Gasteiger partial charge in [-0.2, -0.15) is 0 Å². The number of hydrogen-bond donors (Lipinski definition) is 2. The Labute approximate surface area is 123 Å². The first-order chi connectivity index (χ1) is 9.98. The van der Waals surface area contributed by atoms with Crippen LogP contribution in [0.15, 0.2) is 30.3 Å². The van der Waals surface area contributed by atoms with E-state index in [1.54, 1.807) is 4.90 Å². The number of morpholine rings is 1. The highest BCUT2D eigenvalue weighted by atomic mass is 16.5. The average Bonchev–Trinajstić information content (AvgIpc) is 2.88. The molecule has 1 aliphatic rings. The Bertz CT molecular complexity index is 629. The number of aliphatic hydroxyl groups excluding tert-OH is 1. The first kappa shape index (κ1) is 14.1. The number of hydrogen-bond acceptors (Lipinski definition) is 3. The summed E-state index contributed by atoms with van der Waals surface area (Å²) in [6, 6.07) is 9.68. The quantitative estimate of drug-likeness (QED) is 0.885. The average molecular weight is 288 g/mol. The van der Waals surface area contributed by atoms with Crippen LogP contribution >= 0.6 is 0 Å². The Hall–Kier alpha value is -1.85. The maximum atomic E-state index is 12.7. The lowest BCUT2D eigenvalue weighted by atomic mass is 10.0. The molecular weight excluding hydrogens is 268 g/mol. The molecule has 5 nitrogen and oxygen atoms in total. The number of aromatic nitrogens is 1. The minimum Gasteiger partial charge on any atom is -0.394 e. The summed E-state index contributed by atoms with van der Waals surface area (Å²) in [5.74, 6) is -0.0546. The van der Waals surface area contributed by atoms with E-state index in [-0.39, 0.29) is 18.6 Å². The van der Waals surface area contributed by atoms with Crippen LogP contribution in [0.2, 0.25) is 0 Å². The summed E-state index contributed by atoms with van der Waals surface area (Å²) >= 11 is 0. The second kappa shape index (κ2) is 5.16. The third kappa shape index (κ3) is 2.80. The number of fused-ring (bicyclic) bond motifs is 1. The zero-order valence-corrected chi connectivity index (χ0v) is 12.3. The molecule has 1 aromatic carbocycles. The molecule has 1 saturated heterocycles. The number of ether oxygens (including phenoxy) is 1. The Kier molecular flexibility index (Phi) is 3.47. The van der Waals surface area contributed by atoms with Crippen molar-refractivity contribution in [2.45, 2.75) is 25.6 Å². The van der Waals surface area contributed by atoms with Crippen molar-refractivity contribution in [3.8, 4) is 0 Å². The van der Waals surface area contributed by atoms with Gasteiger partial charge in [-0.25, -0.2) is 0 Å². The van der Waals surface area contributed by atoms with Crippen molar-refractivity contribution in [2.24, 2.45) is 0 Å². The van der Waals surface area contributed by atoms with Crippen LogP contribution in [0.3, 0.4) is 0 Å². The van der Waals surface area contributed by atoms with E-state index in [0.29, 0.717) is 18.8 Å². The van der Waals surface area contributed by atoms with E-state index >= 15 is 0 Å². The normalized spacial score (nSPS) is 21.7. The lowest BCUT2D eigenvalue weighted by Gasteiger charge is -2.42. The van der Waals surface area contributed by atoms with Gasteiger partial charge in [0.05, 0.1) is 18.3 Å². The summed E-state index contributed by atoms with van der Waals surface area (Å²) in [6.07, 6.45) is -0.331. The maximum Gasteiger partial charge on any atom is 0.270 e. The van der Waals surface area contributed by atoms with Crippen molar-refractivity contribution in [3.63, 3.8) is 0 Å². The van der Waals surface area contributed by atoms with E-state index in [9.17, 15) is 9.90 Å². The SMILES string of the molecule is CC1(C)CN(C(=O)c2cc3ccccc3[nH]2)CC(CO)O1. The first-order valence-corrected chi connectivity index (χ1v) is 7.14. The third-order valence-corrected chi connectivity index (χ3v) is 3.73. The molecule has 0 spiro atoms. The highest BCUT2D eigenvalue weighted by Crippen LogP contribution is 2.23. The Morgan fingerprint density at radius 1 is 1.48 bits per heavy atom. The lowest BCUT2D eigenvalue weighted by molar-refractivity contribution is -0.139. The Morgan fingerprint density at radius 2 is 2.24 bits per heavy atom. The van der Waals surface area contributed by atoms with E-state index in [0.717, 1.165) is 10.9 Å². The van der Waals surface area contributed by atoms with Crippen LogP contribution in [0, 0.1) is 0 Å². The molecule has 0 bridgehead atoms. The van der Waals surface area contributed by atoms with E-state index in [1.165, 1.54) is 0 Å². The van der Waals surface area contributed by atoms with Crippen molar-refractivity contribution < 1.29 is 14.6 Å². The molecule has 2 aromatic rings. The van der Waals surface area contributed by atoms with Gasteiger partial charge in [-0.15, -0.1) is 0 Å². The Morgan fingerprint density at radius 3 is 2.95 bits per heavy atom. The number of carbonyl (C=O) groups excluding carboxylic acids is 1. The standard InChI is InChI=1S/C16H20N2O3/c1-16(2)10-18(8-12(9-19)21-16)15(20)14-7-11-5-3-4-6-13(11)17-14/h3-7,12,17,19H,8-10H2,1-2H3. The van der Waals surface area contributed by atoms with Crippen molar-refractivity contribution in [3.05, 3.63) is 36.0 Å². The number of nitrogens with zero attached hydrogens (tertiary/aromatic N) is 1. The van der Waals surface area contributed by atoms with E-state index < -0.39 is 5.60 Å². The summed E-state index contributed by atoms with van der Waals surface area (Å²) in [7, 11) is 0. The van der Waals surface area contributed by atoms with Gasteiger partial charge in [0, 0.05) is 24.0 Å². The van der Waals surface area contributed by atoms with E-state index in [2.05, 4.69) is 4.98 Å². The summed E-state index contributed by atoms with van der Waals surface area (Å²) < 4.78 is 5.74. The Balaban J connectivity index is 1.86. The molecule has 3 rings (SSSR count). The number of nitrogens with one attached hydrogen (secondary N) is 1. The zero-order valence-electron chi connectivity index (χ0n) is 12.3. The highest BCUT2D eigenvalue weighted by molar-refractivity contribution is 5.98. The fourth-order valence-corrected chi connectivity index (χ4v) is 2.90. The number of aliphatic hydroxyl groups is 1. The summed E-state index contributed by atoms with van der Waals surface area (Å²) in [5.41, 5.74) is 1.07. The van der Waals surface area contributed by atoms with Crippen LogP contribution in [0.25, 0.3) is 10.9 Å². The predicted molar refractivity (Wildman–Crippen MR) is 80.2 cm³/mol. The zero-order chi connectivity index (χ0) is 15.0. The van der Waals surface area contributed by atoms with Crippen molar-refractivity contribution in [2.75, 3.05) is 19.7 Å². The van der Waals surface area contributed by atoms with Gasteiger partial charge in [0.2, 0.25) is 0 Å². The number of carbonyl (C=O) groups is 1. The fourth-order valence-electron chi connectivity index (χ4n) is 2.90. The van der Waals surface area contributed by atoms with Gasteiger partial charge in [0.15, 0.2) is 0 Å². The van der Waals surface area contributed by atoms with Crippen LogP contribution in [-0.2, 0) is 4.74 Å². The minimum atomic E-state index is -0.451. The molecule has 0 saturated carbocycles. The molecule has 0 radical (unpaired) electrons. The number of H-pyrrole nitrogens is 1. The van der Waals surface area contributed by atoms with Crippen molar-refractivity contribution >= 4 is 16.8 Å². The summed E-state index contributed by atoms with van der Waals surface area (Å²) in [4.78, 5) is 17.6. The number of aromatic amines is 1. The third-order valence-electron chi connectivity index (χ3n) is 3.73. The molecule has 21 heavy (non-hydrogen) atoms. The van der Waals surface area contributed by atoms with Crippen molar-refractivity contribution in [1.29, 1.82) is 0 Å². The van der Waals surface area contributed by atoms with Gasteiger partial charge < -0.3 is 19.7 Å². The summed E-state index contributed by atoms with van der Waals surface area (Å²) in [5, 5.41) is 10.4. The fraction of sp³-hybridized carbons (Fsp3) is 0.438. The molecule has 1 aromatic heterocycles. The largest absolute Gasteiger partial charge is 0.394 e. The minimum absolute atomic E-state index is 0.0546. The molecule has 1 unspecified atom stereocenters. The van der Waals surface area contributed by atoms with E-state index in [1.807, 2.05) is 44.2 Å². The van der Waals surface area contributed by atoms with Gasteiger partial charge in [-0.1, -0.05) is 18.2 Å². The summed E-state index contributed by atoms with van der Waals surface area (Å²) in [6.45, 7) is 4.70. The molecular formula is C16H20N2O3. The second-order valence-corrected chi connectivity index (χ2v) is 6.14. The second-order valence-electron chi connectivity index (χ2n) is 6.14. The smallest absolute Gasteiger partial charge is 0.270 e. The van der Waals surface area contributed by atoms with Gasteiger partial charge in [-0.3, -0.25) is 4.79 Å². The van der Waals surface area contributed by atoms with Crippen LogP contribution in [-0.4, -0.2) is 52.3 Å². The van der Waals surface area contributed by atoms with Crippen LogP contribution in [0.1, 0.15) is 24.3 Å². The lowest BCUT2D eigenvalue weighted by Crippen LogP contribution is -2.55. The monoisotopic (exact) mass is 288 g/mol. The number of benzene rings is 1. The molecule has 5 heteroatoms. The van der Waals surface area contributed by atoms with Gasteiger partial charge in [0.25, 0.3) is 5.91 Å². The highest BCUT2D eigenvalue weighted by Gasteiger charge is 2.35. The van der Waals surface area contributed by atoms with Crippen LogP contribution in [0.5, 0.6) is 0 Å². The molecule has 1 amide bonds. The van der Waals surface area contributed by atoms with Crippen LogP contribution in [0.4, 0.5) is 0 Å². The molecule has 0 aliphatic carbocycles. The first-order valence-electron chi connectivity index (χ1n) is 7.14. The molecule has 112 valence electrons. The molecule has 1 aliphatic heterocycles. The van der Waals surface area contributed by atoms with E-state index in [4.69, 9.17) is 4.74 Å². The van der Waals surface area contributed by atoms with Gasteiger partial charge >= 0.3 is 0 Å². The maximum absolute atomic E-state index is 12.7. The van der Waals surface area contributed by atoms with Crippen LogP contribution < -0.4 is 0 Å². The molecule has 1 fully saturated rings. The predicted octanol–water partition coefficient (Wildman–Crippen LogP) is 1.78. The number of para-hydroxylation sites is 1. The number of rotatable bonds is 2. The molecule has 1 atom stereocenters. The van der Waals surface area contributed by atoms with Gasteiger partial charge in [-0.05, 0) is 26.0 Å². The molecule has 2 heterocycles. The topological polar surface area (TPSA) is 65.6 Å². The molecule has 2 N–H and O–H groups in total. The van der Waals surface area contributed by atoms with Gasteiger partial charge in [0.1, 0.15) is 5.69 Å².